The van der Waals surface area contributed by atoms with Gasteiger partial charge in [0.2, 0.25) is 0 Å². The Morgan fingerprint density at radius 1 is 0.950 bits per heavy atom. The van der Waals surface area contributed by atoms with Crippen LogP contribution in [0.3, 0.4) is 0 Å². The van der Waals surface area contributed by atoms with Crippen LogP contribution < -0.4 is 11.0 Å². The van der Waals surface area contributed by atoms with Crippen LogP contribution in [-0.2, 0) is 17.7 Å². The number of carbonyl (C=O) groups is 1. The highest BCUT2D eigenvalue weighted by Gasteiger charge is 2.60. The minimum absolute atomic E-state index is 0.206. The Morgan fingerprint density at radius 3 is 2.12 bits per heavy atom. The van der Waals surface area contributed by atoms with Gasteiger partial charge in [0.25, 0.3) is 5.91 Å². The summed E-state index contributed by atoms with van der Waals surface area (Å²) in [6.07, 6.45) is 1.04. The Hall–Kier alpha value is -2.16. The first-order valence-electron chi connectivity index (χ1n) is 14.4. The van der Waals surface area contributed by atoms with Gasteiger partial charge in [0.1, 0.15) is 18.1 Å². The molecule has 2 aliphatic rings. The lowest BCUT2D eigenvalue weighted by Crippen LogP contribution is -2.65. The van der Waals surface area contributed by atoms with Gasteiger partial charge in [-0.25, -0.2) is 4.79 Å². The zero-order chi connectivity index (χ0) is 29.4. The molecule has 2 saturated heterocycles. The Bertz CT molecular complexity index is 1230. The summed E-state index contributed by atoms with van der Waals surface area (Å²) in [4.78, 5) is 30.1. The average molecular weight is 588 g/mol. The summed E-state index contributed by atoms with van der Waals surface area (Å²) in [5, 5.41) is 2.76. The molecule has 1 aromatic carbocycles. The molecule has 1 N–H and O–H groups in total. The number of amides is 1. The molecule has 3 atom stereocenters. The first-order valence-corrected chi connectivity index (χ1v) is 18.4. The lowest BCUT2D eigenvalue weighted by Gasteiger charge is -2.51. The monoisotopic (exact) mass is 587 g/mol. The van der Waals surface area contributed by atoms with Gasteiger partial charge in [0.05, 0.1) is 12.7 Å². The van der Waals surface area contributed by atoms with Crippen LogP contribution in [-0.4, -0.2) is 51.4 Å². The topological polar surface area (TPSA) is 101 Å². The molecule has 0 saturated carbocycles. The van der Waals surface area contributed by atoms with E-state index >= 15 is 0 Å². The Balaban J connectivity index is 1.63. The maximum atomic E-state index is 13.2. The van der Waals surface area contributed by atoms with Crippen molar-refractivity contribution in [1.29, 1.82) is 0 Å². The van der Waals surface area contributed by atoms with Crippen molar-refractivity contribution in [3.8, 4) is 0 Å². The van der Waals surface area contributed by atoms with Crippen LogP contribution in [0.2, 0.25) is 22.2 Å². The molecule has 0 aliphatic carbocycles. The van der Waals surface area contributed by atoms with Gasteiger partial charge in [0, 0.05) is 23.7 Å². The number of aromatic nitrogens is 2. The number of hydrogen-bond donors (Lipinski definition) is 1. The molecule has 0 radical (unpaired) electrons. The van der Waals surface area contributed by atoms with Gasteiger partial charge in [0.15, 0.2) is 0 Å². The number of anilines is 1. The number of fused-ring (bicyclic) bond motifs is 1. The van der Waals surface area contributed by atoms with Crippen LogP contribution in [0.1, 0.15) is 84.0 Å². The van der Waals surface area contributed by atoms with Crippen LogP contribution >= 0.6 is 0 Å². The van der Waals surface area contributed by atoms with Gasteiger partial charge >= 0.3 is 22.8 Å². The highest BCUT2D eigenvalue weighted by atomic mass is 28.5. The Kier molecular flexibility index (Phi) is 9.23. The van der Waals surface area contributed by atoms with Gasteiger partial charge in [-0.2, -0.15) is 4.98 Å². The maximum Gasteiger partial charge on any atom is 0.351 e. The number of nitrogens with zero attached hydrogens (tertiary/aromatic N) is 2. The summed E-state index contributed by atoms with van der Waals surface area (Å²) < 4.78 is 29.1. The molecule has 4 rings (SSSR count). The van der Waals surface area contributed by atoms with Gasteiger partial charge in [-0.15, -0.1) is 0 Å². The van der Waals surface area contributed by atoms with E-state index in [-0.39, 0.29) is 46.1 Å². The van der Waals surface area contributed by atoms with E-state index in [1.54, 1.807) is 30.5 Å². The van der Waals surface area contributed by atoms with Crippen molar-refractivity contribution in [2.75, 3.05) is 11.9 Å². The zero-order valence-corrected chi connectivity index (χ0v) is 27.3. The fourth-order valence-corrected chi connectivity index (χ4v) is 17.2. The van der Waals surface area contributed by atoms with E-state index in [0.717, 1.165) is 0 Å². The van der Waals surface area contributed by atoms with E-state index < -0.39 is 29.0 Å². The Morgan fingerprint density at radius 2 is 1.55 bits per heavy atom. The predicted octanol–water partition coefficient (Wildman–Crippen LogP) is 6.05. The summed E-state index contributed by atoms with van der Waals surface area (Å²) >= 11 is 0. The molecule has 9 nitrogen and oxygen atoms in total. The van der Waals surface area contributed by atoms with Crippen molar-refractivity contribution >= 4 is 28.8 Å². The second kappa shape index (κ2) is 12.0. The predicted molar refractivity (Wildman–Crippen MR) is 160 cm³/mol. The second-order valence-corrected chi connectivity index (χ2v) is 21.1. The van der Waals surface area contributed by atoms with Crippen LogP contribution in [0.25, 0.3) is 0 Å². The van der Waals surface area contributed by atoms with E-state index in [1.807, 2.05) is 13.0 Å². The molecular weight excluding hydrogens is 543 g/mol. The molecule has 11 heteroatoms. The molecule has 2 fully saturated rings. The van der Waals surface area contributed by atoms with Crippen LogP contribution in [0.15, 0.2) is 41.3 Å². The standard InChI is InChI=1S/C29H45N3O6Si2/c1-18(2)39(19(3)4)35-17-25-24(37-40(38-39,20(5)6)21(7)8)15-26(36-25)32-16-22(9)27(31-29(32)34)30-28(33)23-13-11-10-12-14-23/h10-14,16,18-21,24-26H,15,17H2,1-9H3,(H,30,31,33,34)/t24-,25+,26-/m1/s1. The molecular formula is C29H45N3O6Si2. The second-order valence-electron chi connectivity index (χ2n) is 12.3. The van der Waals surface area contributed by atoms with Crippen molar-refractivity contribution in [2.24, 2.45) is 0 Å². The van der Waals surface area contributed by atoms with Crippen molar-refractivity contribution in [3.63, 3.8) is 0 Å². The molecule has 2 aliphatic heterocycles. The van der Waals surface area contributed by atoms with E-state index in [9.17, 15) is 9.59 Å². The minimum atomic E-state index is -2.78. The summed E-state index contributed by atoms with van der Waals surface area (Å²) in [7, 11) is -5.45. The first kappa shape index (κ1) is 30.8. The van der Waals surface area contributed by atoms with E-state index in [4.69, 9.17) is 17.7 Å². The molecule has 0 unspecified atom stereocenters. The molecule has 220 valence electrons. The quantitative estimate of drug-likeness (QED) is 0.394. The largest absolute Gasteiger partial charge is 0.414 e. The van der Waals surface area contributed by atoms with E-state index in [0.29, 0.717) is 24.2 Å². The van der Waals surface area contributed by atoms with E-state index in [1.165, 1.54) is 4.57 Å². The minimum Gasteiger partial charge on any atom is -0.414 e. The van der Waals surface area contributed by atoms with Crippen LogP contribution in [0.5, 0.6) is 0 Å². The molecule has 40 heavy (non-hydrogen) atoms. The number of carbonyl (C=O) groups excluding carboxylic acids is 1. The number of nitrogens with one attached hydrogen (secondary N) is 1. The molecule has 0 spiro atoms. The third-order valence-corrected chi connectivity index (χ3v) is 18.5. The number of aryl methyl sites for hydroxylation is 1. The number of ether oxygens (including phenoxy) is 1. The van der Waals surface area contributed by atoms with Gasteiger partial charge in [-0.1, -0.05) is 73.6 Å². The fraction of sp³-hybridized carbons (Fsp3) is 0.621. The summed E-state index contributed by atoms with van der Waals surface area (Å²) in [5.41, 5.74) is 1.55. The fourth-order valence-electron chi connectivity index (χ4n) is 5.98. The SMILES string of the molecule is Cc1cn([C@H]2C[C@H]3O[Si](C(C)C)(C(C)C)O[Si](C(C)C)(C(C)C)OC[C@@H]3O2)c(=O)nc1NC(=O)c1ccccc1. The molecule has 2 aromatic rings. The van der Waals surface area contributed by atoms with Crippen LogP contribution in [0, 0.1) is 6.92 Å². The van der Waals surface area contributed by atoms with Crippen molar-refractivity contribution in [2.45, 2.75) is 109 Å². The van der Waals surface area contributed by atoms with Crippen molar-refractivity contribution in [1.82, 2.24) is 9.55 Å². The first-order chi connectivity index (χ1) is 18.8. The third kappa shape index (κ3) is 5.77. The van der Waals surface area contributed by atoms with Crippen LogP contribution in [0.4, 0.5) is 5.82 Å². The average Bonchev–Trinajstić information content (AvgIpc) is 3.27. The highest BCUT2D eigenvalue weighted by molar-refractivity contribution is 6.83. The molecule has 0 bridgehead atoms. The smallest absolute Gasteiger partial charge is 0.351 e. The van der Waals surface area contributed by atoms with Gasteiger partial charge in [-0.05, 0) is 41.2 Å². The van der Waals surface area contributed by atoms with E-state index in [2.05, 4.69) is 65.7 Å². The lowest BCUT2D eigenvalue weighted by atomic mass is 10.2. The zero-order valence-electron chi connectivity index (χ0n) is 25.3. The molecule has 1 amide bonds. The Labute approximate surface area is 240 Å². The maximum absolute atomic E-state index is 13.2. The molecule has 1 aromatic heterocycles. The number of rotatable bonds is 7. The van der Waals surface area contributed by atoms with Gasteiger partial charge in [-0.3, -0.25) is 9.36 Å². The summed E-state index contributed by atoms with van der Waals surface area (Å²) in [5.74, 6) is -0.0797. The summed E-state index contributed by atoms with van der Waals surface area (Å²) in [6, 6.07) is 8.84. The van der Waals surface area contributed by atoms with Crippen molar-refractivity contribution < 1.29 is 22.5 Å². The van der Waals surface area contributed by atoms with Gasteiger partial charge < -0.3 is 23.0 Å². The molecule has 3 heterocycles. The number of benzene rings is 1. The lowest BCUT2D eigenvalue weighted by molar-refractivity contribution is -0.0565. The third-order valence-electron chi connectivity index (χ3n) is 8.24. The highest BCUT2D eigenvalue weighted by Crippen LogP contribution is 2.48. The normalized spacial score (nSPS) is 24.3. The summed E-state index contributed by atoms with van der Waals surface area (Å²) in [6.45, 7) is 19.7. The number of hydrogen-bond acceptors (Lipinski definition) is 7. The van der Waals surface area contributed by atoms with Crippen molar-refractivity contribution in [3.05, 3.63) is 58.1 Å².